The van der Waals surface area contributed by atoms with Gasteiger partial charge in [0.15, 0.2) is 5.82 Å². The van der Waals surface area contributed by atoms with E-state index < -0.39 is 0 Å². The van der Waals surface area contributed by atoms with Gasteiger partial charge in [0.2, 0.25) is 0 Å². The summed E-state index contributed by atoms with van der Waals surface area (Å²) in [6, 6.07) is 9.29. The monoisotopic (exact) mass is 284 g/mol. The van der Waals surface area contributed by atoms with Crippen molar-refractivity contribution in [2.45, 2.75) is 19.3 Å². The van der Waals surface area contributed by atoms with Gasteiger partial charge in [0, 0.05) is 17.8 Å². The lowest BCUT2D eigenvalue weighted by molar-refractivity contribution is 0.629. The zero-order valence-corrected chi connectivity index (χ0v) is 11.7. The number of aliphatic imine (C=N–C) groups is 1. The van der Waals surface area contributed by atoms with Crippen molar-refractivity contribution >= 4 is 23.2 Å². The summed E-state index contributed by atoms with van der Waals surface area (Å²) in [5.74, 6) is 0.747. The van der Waals surface area contributed by atoms with Gasteiger partial charge in [-0.3, -0.25) is 0 Å². The first-order chi connectivity index (χ1) is 9.76. The predicted molar refractivity (Wildman–Crippen MR) is 80.7 cm³/mol. The second-order valence-corrected chi connectivity index (χ2v) is 5.25. The molecule has 0 saturated heterocycles. The molecule has 1 aromatic carbocycles. The van der Waals surface area contributed by atoms with Crippen LogP contribution in [0.5, 0.6) is 0 Å². The Labute approximate surface area is 122 Å². The fourth-order valence-electron chi connectivity index (χ4n) is 2.22. The smallest absolute Gasteiger partial charge is 0.165 e. The largest absolute Gasteiger partial charge is 0.236 e. The maximum Gasteiger partial charge on any atom is 0.165 e. The van der Waals surface area contributed by atoms with E-state index in [9.17, 15) is 4.39 Å². The van der Waals surface area contributed by atoms with E-state index >= 15 is 0 Å². The molecular weight excluding hydrogens is 271 g/mol. The van der Waals surface area contributed by atoms with Crippen LogP contribution in [0.4, 0.5) is 10.2 Å². The van der Waals surface area contributed by atoms with Crippen LogP contribution in [0, 0.1) is 11.7 Å². The van der Waals surface area contributed by atoms with Gasteiger partial charge in [0.05, 0.1) is 5.16 Å². The molecule has 3 rings (SSSR count). The van der Waals surface area contributed by atoms with Crippen molar-refractivity contribution < 1.29 is 4.39 Å². The van der Waals surface area contributed by atoms with Crippen molar-refractivity contribution in [3.8, 4) is 11.1 Å². The van der Waals surface area contributed by atoms with Gasteiger partial charge in [-0.2, -0.15) is 4.99 Å². The molecule has 1 aliphatic carbocycles. The summed E-state index contributed by atoms with van der Waals surface area (Å²) in [6.45, 7) is 0. The molecule has 0 unspecified atom stereocenters. The molecule has 0 radical (unpaired) electrons. The lowest BCUT2D eigenvalue weighted by Gasteiger charge is -2.05. The van der Waals surface area contributed by atoms with Gasteiger partial charge in [-0.25, -0.2) is 9.37 Å². The Balaban J connectivity index is 1.85. The number of nitrogens with zero attached hydrogens (tertiary/aromatic N) is 2. The number of halogens is 1. The number of pyridine rings is 1. The number of hydrogen-bond donors (Lipinski definition) is 0. The molecule has 4 heteroatoms. The molecule has 2 nitrogen and oxygen atoms in total. The zero-order valence-electron chi connectivity index (χ0n) is 10.8. The van der Waals surface area contributed by atoms with Gasteiger partial charge in [0.1, 0.15) is 5.82 Å². The first-order valence-corrected chi connectivity index (χ1v) is 7.00. The van der Waals surface area contributed by atoms with Gasteiger partial charge in [0.25, 0.3) is 0 Å². The van der Waals surface area contributed by atoms with E-state index in [1.165, 1.54) is 30.7 Å². The molecule has 0 spiro atoms. The number of thiocarbonyl (C=S) groups is 1. The van der Waals surface area contributed by atoms with Crippen molar-refractivity contribution in [3.63, 3.8) is 0 Å². The van der Waals surface area contributed by atoms with Crippen LogP contribution in [0.15, 0.2) is 41.5 Å². The standard InChI is InChI=1S/C16H13FN2S/c17-15-8-16(19-10-20)18-9-14(15)13-5-3-12(4-6-13)7-11-1-2-11/h3-6,8-9,11H,1-2,7H2. The second-order valence-electron chi connectivity index (χ2n) is 5.07. The average Bonchev–Trinajstić information content (AvgIpc) is 3.25. The van der Waals surface area contributed by atoms with Crippen LogP contribution in [0.3, 0.4) is 0 Å². The van der Waals surface area contributed by atoms with Gasteiger partial charge >= 0.3 is 0 Å². The van der Waals surface area contributed by atoms with E-state index in [2.05, 4.69) is 39.5 Å². The summed E-state index contributed by atoms with van der Waals surface area (Å²) in [4.78, 5) is 7.72. The molecule has 1 aromatic heterocycles. The molecule has 1 heterocycles. The van der Waals surface area contributed by atoms with Gasteiger partial charge in [-0.05, 0) is 48.5 Å². The maximum absolute atomic E-state index is 14.0. The highest BCUT2D eigenvalue weighted by Gasteiger charge is 2.21. The van der Waals surface area contributed by atoms with Crippen LogP contribution in [0.2, 0.25) is 0 Å². The molecule has 2 aromatic rings. The van der Waals surface area contributed by atoms with Crippen LogP contribution in [-0.2, 0) is 6.42 Å². The Kier molecular flexibility index (Phi) is 3.68. The van der Waals surface area contributed by atoms with Crippen LogP contribution in [0.25, 0.3) is 11.1 Å². The minimum Gasteiger partial charge on any atom is -0.236 e. The molecule has 20 heavy (non-hydrogen) atoms. The molecular formula is C16H13FN2S. The van der Waals surface area contributed by atoms with Crippen LogP contribution in [-0.4, -0.2) is 10.1 Å². The number of isothiocyanates is 1. The average molecular weight is 284 g/mol. The van der Waals surface area contributed by atoms with Gasteiger partial charge in [-0.1, -0.05) is 24.3 Å². The number of benzene rings is 1. The van der Waals surface area contributed by atoms with Crippen molar-refractivity contribution in [3.05, 3.63) is 47.9 Å². The summed E-state index contributed by atoms with van der Waals surface area (Å²) >= 11 is 4.48. The minimum atomic E-state index is -0.348. The van der Waals surface area contributed by atoms with Gasteiger partial charge < -0.3 is 0 Å². The third-order valence-electron chi connectivity index (χ3n) is 3.49. The summed E-state index contributed by atoms with van der Waals surface area (Å²) in [5.41, 5.74) is 2.62. The highest BCUT2D eigenvalue weighted by atomic mass is 32.1. The molecule has 1 fully saturated rings. The number of hydrogen-bond acceptors (Lipinski definition) is 3. The third-order valence-corrected chi connectivity index (χ3v) is 3.58. The highest BCUT2D eigenvalue weighted by Crippen LogP contribution is 2.33. The topological polar surface area (TPSA) is 25.2 Å². The van der Waals surface area contributed by atoms with E-state index in [-0.39, 0.29) is 11.6 Å². The van der Waals surface area contributed by atoms with Gasteiger partial charge in [-0.15, -0.1) is 0 Å². The normalized spacial score (nSPS) is 13.8. The first-order valence-electron chi connectivity index (χ1n) is 6.59. The quantitative estimate of drug-likeness (QED) is 0.607. The van der Waals surface area contributed by atoms with Crippen molar-refractivity contribution in [2.24, 2.45) is 10.9 Å². The Morgan fingerprint density at radius 1 is 1.30 bits per heavy atom. The molecule has 1 aliphatic rings. The Morgan fingerprint density at radius 2 is 2.05 bits per heavy atom. The summed E-state index contributed by atoms with van der Waals surface area (Å²) < 4.78 is 14.0. The van der Waals surface area contributed by atoms with Crippen LogP contribution in [0.1, 0.15) is 18.4 Å². The maximum atomic E-state index is 14.0. The van der Waals surface area contributed by atoms with Crippen LogP contribution < -0.4 is 0 Å². The van der Waals surface area contributed by atoms with E-state index in [4.69, 9.17) is 0 Å². The van der Waals surface area contributed by atoms with Crippen LogP contribution >= 0.6 is 12.2 Å². The molecule has 0 bridgehead atoms. The molecule has 0 atom stereocenters. The van der Waals surface area contributed by atoms with Crippen molar-refractivity contribution in [1.29, 1.82) is 0 Å². The fraction of sp³-hybridized carbons (Fsp3) is 0.250. The number of rotatable bonds is 4. The lowest BCUT2D eigenvalue weighted by atomic mass is 10.0. The Morgan fingerprint density at radius 3 is 2.65 bits per heavy atom. The Hall–Kier alpha value is -1.90. The Bertz CT molecular complexity index is 671. The molecule has 0 N–H and O–H groups in total. The summed E-state index contributed by atoms with van der Waals surface area (Å²) in [6.07, 6.45) is 5.28. The molecule has 1 saturated carbocycles. The summed E-state index contributed by atoms with van der Waals surface area (Å²) in [5, 5.41) is 2.18. The fourth-order valence-corrected chi connectivity index (χ4v) is 2.31. The second kappa shape index (κ2) is 5.61. The van der Waals surface area contributed by atoms with E-state index in [0.717, 1.165) is 17.9 Å². The summed E-state index contributed by atoms with van der Waals surface area (Å²) in [7, 11) is 0. The van der Waals surface area contributed by atoms with E-state index in [1.54, 1.807) is 0 Å². The SMILES string of the molecule is Fc1cc(N=C=S)ncc1-c1ccc(CC2CC2)cc1. The minimum absolute atomic E-state index is 0.242. The predicted octanol–water partition coefficient (Wildman–Crippen LogP) is 4.57. The third kappa shape index (κ3) is 2.98. The molecule has 0 amide bonds. The number of aromatic nitrogens is 1. The lowest BCUT2D eigenvalue weighted by Crippen LogP contribution is -1.89. The molecule has 0 aliphatic heterocycles. The van der Waals surface area contributed by atoms with E-state index in [1.807, 2.05) is 12.1 Å². The van der Waals surface area contributed by atoms with Crippen molar-refractivity contribution in [1.82, 2.24) is 4.98 Å². The van der Waals surface area contributed by atoms with Crippen molar-refractivity contribution in [2.75, 3.05) is 0 Å². The highest BCUT2D eigenvalue weighted by molar-refractivity contribution is 7.78. The first kappa shape index (κ1) is 13.1. The molecule has 100 valence electrons. The van der Waals surface area contributed by atoms with E-state index in [0.29, 0.717) is 5.56 Å². The zero-order chi connectivity index (χ0) is 13.9.